The zero-order valence-corrected chi connectivity index (χ0v) is 6.87. The molecule has 13 heavy (non-hydrogen) atoms. The van der Waals surface area contributed by atoms with Crippen molar-refractivity contribution < 1.29 is 0 Å². The van der Waals surface area contributed by atoms with E-state index in [2.05, 4.69) is 10.9 Å². The Hall–Kier alpha value is -2.01. The predicted octanol–water partition coefficient (Wildman–Crippen LogP) is 1.51. The minimum absolute atomic E-state index is 0.102. The summed E-state index contributed by atoms with van der Waals surface area (Å²) < 4.78 is 0. The Labute approximate surface area is 75.2 Å². The van der Waals surface area contributed by atoms with Crippen LogP contribution in [0.5, 0.6) is 0 Å². The maximum atomic E-state index is 11.3. The van der Waals surface area contributed by atoms with Gasteiger partial charge in [-0.3, -0.25) is 4.79 Å². The first-order valence-corrected chi connectivity index (χ1v) is 3.90. The van der Waals surface area contributed by atoms with Gasteiger partial charge in [0.1, 0.15) is 0 Å². The smallest absolute Gasteiger partial charge is 0.255 e. The van der Waals surface area contributed by atoms with Crippen LogP contribution in [0.2, 0.25) is 0 Å². The van der Waals surface area contributed by atoms with Crippen LogP contribution in [0.25, 0.3) is 10.8 Å². The van der Waals surface area contributed by atoms with E-state index in [-0.39, 0.29) is 5.56 Å². The number of fused-ring (bicyclic) bond motifs is 1. The normalized spacial score (nSPS) is 9.77. The van der Waals surface area contributed by atoms with Crippen LogP contribution in [-0.2, 0) is 0 Å². The zero-order chi connectivity index (χ0) is 9.26. The van der Waals surface area contributed by atoms with Crippen molar-refractivity contribution in [3.8, 4) is 12.3 Å². The second kappa shape index (κ2) is 2.80. The highest BCUT2D eigenvalue weighted by molar-refractivity contribution is 5.86. The van der Waals surface area contributed by atoms with Crippen molar-refractivity contribution in [2.24, 2.45) is 0 Å². The summed E-state index contributed by atoms with van der Waals surface area (Å²) in [6.07, 6.45) is 6.85. The Morgan fingerprint density at radius 2 is 1.92 bits per heavy atom. The van der Waals surface area contributed by atoms with E-state index in [0.717, 1.165) is 10.9 Å². The van der Waals surface area contributed by atoms with E-state index in [0.29, 0.717) is 5.39 Å². The Kier molecular flexibility index (Phi) is 1.64. The lowest BCUT2D eigenvalue weighted by Gasteiger charge is -1.97. The first kappa shape index (κ1) is 7.63. The molecule has 2 nitrogen and oxygen atoms in total. The number of aromatic amines is 1. The van der Waals surface area contributed by atoms with Gasteiger partial charge in [0, 0.05) is 22.5 Å². The Morgan fingerprint density at radius 1 is 1.23 bits per heavy atom. The van der Waals surface area contributed by atoms with Crippen LogP contribution in [0.4, 0.5) is 0 Å². The third-order valence-electron chi connectivity index (χ3n) is 1.96. The monoisotopic (exact) mass is 169 g/mol. The number of H-pyrrole nitrogens is 1. The van der Waals surface area contributed by atoms with Crippen molar-refractivity contribution in [1.29, 1.82) is 0 Å². The summed E-state index contributed by atoms with van der Waals surface area (Å²) in [5.41, 5.74) is 0.616. The van der Waals surface area contributed by atoms with Gasteiger partial charge < -0.3 is 4.98 Å². The zero-order valence-electron chi connectivity index (χ0n) is 6.87. The van der Waals surface area contributed by atoms with Crippen LogP contribution in [-0.4, -0.2) is 4.98 Å². The number of hydrogen-bond donors (Lipinski definition) is 1. The quantitative estimate of drug-likeness (QED) is 0.596. The number of benzene rings is 1. The lowest BCUT2D eigenvalue weighted by molar-refractivity contribution is 1.27. The lowest BCUT2D eigenvalue weighted by atomic mass is 10.1. The standard InChI is InChI=1S/C11H7NO/c1-2-8-7-12-11(13)10-6-4-3-5-9(8)10/h1,3-7H,(H,12,13). The van der Waals surface area contributed by atoms with Gasteiger partial charge in [0.05, 0.1) is 0 Å². The van der Waals surface area contributed by atoms with Crippen molar-refractivity contribution in [2.45, 2.75) is 0 Å². The second-order valence-corrected chi connectivity index (χ2v) is 2.72. The largest absolute Gasteiger partial charge is 0.327 e. The van der Waals surface area contributed by atoms with Crippen molar-refractivity contribution in [3.05, 3.63) is 46.4 Å². The fraction of sp³-hybridized carbons (Fsp3) is 0. The van der Waals surface area contributed by atoms with Crippen LogP contribution < -0.4 is 5.56 Å². The van der Waals surface area contributed by atoms with Gasteiger partial charge >= 0.3 is 0 Å². The Morgan fingerprint density at radius 3 is 2.62 bits per heavy atom. The highest BCUT2D eigenvalue weighted by Crippen LogP contribution is 2.12. The van der Waals surface area contributed by atoms with E-state index in [1.807, 2.05) is 18.2 Å². The molecule has 2 aromatic rings. The van der Waals surface area contributed by atoms with Crippen LogP contribution in [0.1, 0.15) is 5.56 Å². The molecular weight excluding hydrogens is 162 g/mol. The van der Waals surface area contributed by atoms with Gasteiger partial charge in [-0.1, -0.05) is 24.1 Å². The van der Waals surface area contributed by atoms with Gasteiger partial charge in [-0.05, 0) is 6.07 Å². The van der Waals surface area contributed by atoms with Crippen LogP contribution in [0.15, 0.2) is 35.3 Å². The number of pyridine rings is 1. The van der Waals surface area contributed by atoms with E-state index in [1.165, 1.54) is 0 Å². The first-order chi connectivity index (χ1) is 6.33. The third-order valence-corrected chi connectivity index (χ3v) is 1.96. The summed E-state index contributed by atoms with van der Waals surface area (Å²) in [5, 5.41) is 1.46. The number of aromatic nitrogens is 1. The van der Waals surface area contributed by atoms with Crippen LogP contribution >= 0.6 is 0 Å². The highest BCUT2D eigenvalue weighted by Gasteiger charge is 2.00. The summed E-state index contributed by atoms with van der Waals surface area (Å²) in [5.74, 6) is 2.53. The Balaban J connectivity index is 3.04. The van der Waals surface area contributed by atoms with Gasteiger partial charge in [-0.25, -0.2) is 0 Å². The first-order valence-electron chi connectivity index (χ1n) is 3.90. The lowest BCUT2D eigenvalue weighted by Crippen LogP contribution is -2.05. The van der Waals surface area contributed by atoms with E-state index in [1.54, 1.807) is 12.3 Å². The molecule has 0 aliphatic carbocycles. The van der Waals surface area contributed by atoms with Gasteiger partial charge in [0.2, 0.25) is 0 Å². The van der Waals surface area contributed by atoms with Crippen molar-refractivity contribution in [3.63, 3.8) is 0 Å². The molecule has 2 heteroatoms. The number of hydrogen-bond acceptors (Lipinski definition) is 1. The average molecular weight is 169 g/mol. The molecule has 0 fully saturated rings. The van der Waals surface area contributed by atoms with Crippen LogP contribution in [0, 0.1) is 12.3 Å². The average Bonchev–Trinajstić information content (AvgIpc) is 2.19. The minimum atomic E-state index is -0.102. The molecule has 0 aliphatic rings. The Bertz CT molecular complexity index is 546. The molecule has 62 valence electrons. The topological polar surface area (TPSA) is 32.9 Å². The summed E-state index contributed by atoms with van der Waals surface area (Å²) in [4.78, 5) is 13.9. The van der Waals surface area contributed by atoms with Gasteiger partial charge in [-0.15, -0.1) is 6.42 Å². The van der Waals surface area contributed by atoms with Crippen molar-refractivity contribution in [1.82, 2.24) is 4.98 Å². The minimum Gasteiger partial charge on any atom is -0.327 e. The molecule has 0 aliphatic heterocycles. The van der Waals surface area contributed by atoms with E-state index >= 15 is 0 Å². The molecule has 1 aromatic carbocycles. The van der Waals surface area contributed by atoms with E-state index in [9.17, 15) is 4.79 Å². The van der Waals surface area contributed by atoms with E-state index < -0.39 is 0 Å². The molecule has 0 saturated heterocycles. The molecule has 1 N–H and O–H groups in total. The summed E-state index contributed by atoms with van der Waals surface area (Å²) in [6.45, 7) is 0. The SMILES string of the molecule is C#Cc1c[nH]c(=O)c2ccccc12. The van der Waals surface area contributed by atoms with Gasteiger partial charge in [0.15, 0.2) is 0 Å². The molecule has 0 amide bonds. The maximum absolute atomic E-state index is 11.3. The fourth-order valence-corrected chi connectivity index (χ4v) is 1.33. The number of terminal acetylenes is 1. The van der Waals surface area contributed by atoms with E-state index in [4.69, 9.17) is 6.42 Å². The van der Waals surface area contributed by atoms with Gasteiger partial charge in [-0.2, -0.15) is 0 Å². The van der Waals surface area contributed by atoms with Gasteiger partial charge in [0.25, 0.3) is 5.56 Å². The molecular formula is C11H7NO. The molecule has 1 heterocycles. The summed E-state index contributed by atoms with van der Waals surface area (Å²) >= 11 is 0. The molecule has 0 saturated carbocycles. The molecule has 2 rings (SSSR count). The maximum Gasteiger partial charge on any atom is 0.255 e. The molecule has 0 atom stereocenters. The van der Waals surface area contributed by atoms with Crippen molar-refractivity contribution in [2.75, 3.05) is 0 Å². The second-order valence-electron chi connectivity index (χ2n) is 2.72. The summed E-state index contributed by atoms with van der Waals surface area (Å²) in [6, 6.07) is 7.29. The fourth-order valence-electron chi connectivity index (χ4n) is 1.33. The number of rotatable bonds is 0. The molecule has 0 bridgehead atoms. The molecule has 0 spiro atoms. The van der Waals surface area contributed by atoms with Crippen molar-refractivity contribution >= 4 is 10.8 Å². The van der Waals surface area contributed by atoms with Crippen LogP contribution in [0.3, 0.4) is 0 Å². The number of nitrogens with one attached hydrogen (secondary N) is 1. The molecule has 1 aromatic heterocycles. The highest BCUT2D eigenvalue weighted by atomic mass is 16.1. The summed E-state index contributed by atoms with van der Waals surface area (Å²) in [7, 11) is 0. The predicted molar refractivity (Wildman–Crippen MR) is 52.5 cm³/mol. The third kappa shape index (κ3) is 1.11. The molecule has 0 radical (unpaired) electrons. The molecule has 0 unspecified atom stereocenters.